The molecule has 0 saturated heterocycles. The van der Waals surface area contributed by atoms with Crippen molar-refractivity contribution in [3.05, 3.63) is 65.4 Å². The second kappa shape index (κ2) is 4.74. The third-order valence-electron chi connectivity index (χ3n) is 4.31. The van der Waals surface area contributed by atoms with Crippen molar-refractivity contribution in [1.29, 1.82) is 0 Å². The molecule has 1 aliphatic heterocycles. The van der Waals surface area contributed by atoms with Gasteiger partial charge in [-0.05, 0) is 28.7 Å². The molecule has 0 nitrogen and oxygen atoms in total. The summed E-state index contributed by atoms with van der Waals surface area (Å²) in [6, 6.07) is 20.1. The van der Waals surface area contributed by atoms with E-state index in [1.54, 1.807) is 15.6 Å². The van der Waals surface area contributed by atoms with E-state index in [0.717, 1.165) is 0 Å². The summed E-state index contributed by atoms with van der Waals surface area (Å²) in [6.07, 6.45) is 0. The predicted octanol–water partition coefficient (Wildman–Crippen LogP) is 3.40. The highest BCUT2D eigenvalue weighted by atomic mass is 28.3. The Morgan fingerprint density at radius 1 is 0.800 bits per heavy atom. The van der Waals surface area contributed by atoms with Gasteiger partial charge in [0.1, 0.15) is 8.80 Å². The van der Waals surface area contributed by atoms with Crippen LogP contribution in [0, 0.1) is 5.41 Å². The molecule has 1 heteroatoms. The standard InChI is InChI=1S/C19H22Si/c1-14-16-12-8-9-13-17(16)20(18(14)19(2,3)4)15-10-6-5-7-11-15/h5-13,20H,1-4H3. The minimum absolute atomic E-state index is 0.246. The highest BCUT2D eigenvalue weighted by Gasteiger charge is 2.37. The molecule has 0 N–H and O–H groups in total. The van der Waals surface area contributed by atoms with Crippen molar-refractivity contribution in [2.75, 3.05) is 0 Å². The van der Waals surface area contributed by atoms with Crippen LogP contribution in [0.4, 0.5) is 0 Å². The van der Waals surface area contributed by atoms with Gasteiger partial charge in [-0.25, -0.2) is 0 Å². The zero-order valence-corrected chi connectivity index (χ0v) is 13.9. The van der Waals surface area contributed by atoms with Gasteiger partial charge in [-0.3, -0.25) is 0 Å². The smallest absolute Gasteiger partial charge is 0.0655 e. The summed E-state index contributed by atoms with van der Waals surface area (Å²) < 4.78 is 0. The average Bonchev–Trinajstić information content (AvgIpc) is 2.74. The van der Waals surface area contributed by atoms with Crippen LogP contribution in [0.3, 0.4) is 0 Å². The predicted molar refractivity (Wildman–Crippen MR) is 91.4 cm³/mol. The summed E-state index contributed by atoms with van der Waals surface area (Å²) in [6.45, 7) is 9.40. The lowest BCUT2D eigenvalue weighted by Crippen LogP contribution is -2.45. The van der Waals surface area contributed by atoms with Crippen molar-refractivity contribution >= 4 is 24.7 Å². The number of benzene rings is 2. The van der Waals surface area contributed by atoms with Crippen LogP contribution < -0.4 is 10.4 Å². The highest BCUT2D eigenvalue weighted by Crippen LogP contribution is 2.37. The van der Waals surface area contributed by atoms with Crippen LogP contribution >= 0.6 is 0 Å². The second-order valence-electron chi connectivity index (χ2n) is 6.72. The molecular weight excluding hydrogens is 256 g/mol. The minimum Gasteiger partial charge on any atom is -0.0655 e. The van der Waals surface area contributed by atoms with Gasteiger partial charge in [0.25, 0.3) is 0 Å². The van der Waals surface area contributed by atoms with Crippen LogP contribution in [0.25, 0.3) is 5.57 Å². The number of hydrogen-bond acceptors (Lipinski definition) is 0. The van der Waals surface area contributed by atoms with Crippen molar-refractivity contribution in [1.82, 2.24) is 0 Å². The first-order valence-corrected chi connectivity index (χ1v) is 9.09. The molecule has 0 aliphatic carbocycles. The van der Waals surface area contributed by atoms with Crippen LogP contribution in [0.2, 0.25) is 0 Å². The SMILES string of the molecule is CC1=C(C(C)(C)C)[SiH](c2ccccc2)c2ccccc21. The van der Waals surface area contributed by atoms with Gasteiger partial charge >= 0.3 is 0 Å². The number of fused-ring (bicyclic) bond motifs is 1. The molecule has 1 unspecified atom stereocenters. The Bertz CT molecular complexity index is 660. The molecule has 1 heterocycles. The molecule has 0 spiro atoms. The van der Waals surface area contributed by atoms with E-state index in [-0.39, 0.29) is 5.41 Å². The molecule has 0 fully saturated rings. The summed E-state index contributed by atoms with van der Waals surface area (Å²) in [7, 11) is -1.26. The fourth-order valence-electron chi connectivity index (χ4n) is 3.59. The van der Waals surface area contributed by atoms with E-state index in [1.807, 2.05) is 0 Å². The average molecular weight is 278 g/mol. The number of allylic oxidation sites excluding steroid dienone is 2. The topological polar surface area (TPSA) is 0 Å². The van der Waals surface area contributed by atoms with Gasteiger partial charge in [-0.2, -0.15) is 0 Å². The lowest BCUT2D eigenvalue weighted by molar-refractivity contribution is 0.530. The van der Waals surface area contributed by atoms with Gasteiger partial charge in [-0.15, -0.1) is 0 Å². The van der Waals surface area contributed by atoms with Crippen molar-refractivity contribution in [2.45, 2.75) is 27.7 Å². The monoisotopic (exact) mass is 278 g/mol. The summed E-state index contributed by atoms with van der Waals surface area (Å²) in [5.41, 5.74) is 3.25. The van der Waals surface area contributed by atoms with E-state index in [2.05, 4.69) is 82.3 Å². The largest absolute Gasteiger partial charge is 0.130 e. The van der Waals surface area contributed by atoms with Gasteiger partial charge in [0, 0.05) is 0 Å². The van der Waals surface area contributed by atoms with Crippen LogP contribution in [0.1, 0.15) is 33.3 Å². The molecule has 1 atom stereocenters. The quantitative estimate of drug-likeness (QED) is 0.701. The number of hydrogen-bond donors (Lipinski definition) is 0. The molecule has 2 aromatic rings. The third-order valence-corrected chi connectivity index (χ3v) is 8.36. The molecule has 3 rings (SSSR count). The maximum atomic E-state index is 2.36. The molecule has 0 amide bonds. The molecule has 0 bridgehead atoms. The highest BCUT2D eigenvalue weighted by molar-refractivity contribution is 6.93. The summed E-state index contributed by atoms with van der Waals surface area (Å²) in [4.78, 5) is 0. The van der Waals surface area contributed by atoms with Gasteiger partial charge in [0.2, 0.25) is 0 Å². The zero-order valence-electron chi connectivity index (χ0n) is 12.8. The first kappa shape index (κ1) is 13.4. The lowest BCUT2D eigenvalue weighted by atomic mass is 9.91. The maximum Gasteiger partial charge on any atom is 0.130 e. The van der Waals surface area contributed by atoms with E-state index in [1.165, 1.54) is 11.1 Å². The molecule has 0 radical (unpaired) electrons. The Morgan fingerprint density at radius 2 is 1.40 bits per heavy atom. The molecule has 0 aromatic heterocycles. The van der Waals surface area contributed by atoms with Crippen molar-refractivity contribution in [3.63, 3.8) is 0 Å². The first-order chi connectivity index (χ1) is 9.50. The minimum atomic E-state index is -1.26. The molecule has 1 aliphatic rings. The Labute approximate surface area is 123 Å². The maximum absolute atomic E-state index is 2.36. The molecule has 20 heavy (non-hydrogen) atoms. The van der Waals surface area contributed by atoms with Gasteiger partial charge < -0.3 is 0 Å². The van der Waals surface area contributed by atoms with Crippen molar-refractivity contribution in [3.8, 4) is 0 Å². The van der Waals surface area contributed by atoms with Crippen molar-refractivity contribution < 1.29 is 0 Å². The van der Waals surface area contributed by atoms with Crippen LogP contribution in [-0.2, 0) is 0 Å². The van der Waals surface area contributed by atoms with E-state index in [0.29, 0.717) is 0 Å². The second-order valence-corrected chi connectivity index (χ2v) is 9.45. The Kier molecular flexibility index (Phi) is 3.18. The van der Waals surface area contributed by atoms with E-state index in [4.69, 9.17) is 0 Å². The van der Waals surface area contributed by atoms with Crippen LogP contribution in [-0.4, -0.2) is 8.80 Å². The van der Waals surface area contributed by atoms with Gasteiger partial charge in [0.05, 0.1) is 0 Å². The van der Waals surface area contributed by atoms with E-state index < -0.39 is 8.80 Å². The molecule has 0 saturated carbocycles. The van der Waals surface area contributed by atoms with Gasteiger partial charge in [-0.1, -0.05) is 85.8 Å². The van der Waals surface area contributed by atoms with Gasteiger partial charge in [0.15, 0.2) is 0 Å². The number of rotatable bonds is 1. The molecular formula is C19H22Si. The van der Waals surface area contributed by atoms with E-state index >= 15 is 0 Å². The Hall–Kier alpha value is -1.60. The first-order valence-electron chi connectivity index (χ1n) is 7.35. The fourth-order valence-corrected chi connectivity index (χ4v) is 7.59. The summed E-state index contributed by atoms with van der Waals surface area (Å²) in [5, 5.41) is 4.84. The lowest BCUT2D eigenvalue weighted by Gasteiger charge is -2.28. The van der Waals surface area contributed by atoms with Crippen molar-refractivity contribution in [2.24, 2.45) is 5.41 Å². The normalized spacial score (nSPS) is 18.3. The van der Waals surface area contributed by atoms with Crippen LogP contribution in [0.15, 0.2) is 59.8 Å². The Balaban J connectivity index is 2.25. The zero-order chi connectivity index (χ0) is 14.3. The summed E-state index contributed by atoms with van der Waals surface area (Å²) >= 11 is 0. The molecule has 2 aromatic carbocycles. The third kappa shape index (κ3) is 2.06. The van der Waals surface area contributed by atoms with E-state index in [9.17, 15) is 0 Å². The van der Waals surface area contributed by atoms with Crippen LogP contribution in [0.5, 0.6) is 0 Å². The fraction of sp³-hybridized carbons (Fsp3) is 0.263. The summed E-state index contributed by atoms with van der Waals surface area (Å²) in [5.74, 6) is 0. The molecule has 102 valence electrons. The Morgan fingerprint density at radius 3 is 2.05 bits per heavy atom.